The fourth-order valence-corrected chi connectivity index (χ4v) is 11.5. The van der Waals surface area contributed by atoms with Gasteiger partial charge in [0, 0.05) is 21.7 Å². The topological polar surface area (TPSA) is 118 Å². The Morgan fingerprint density at radius 1 is 0.980 bits per heavy atom. The Bertz CT molecular complexity index is 2110. The number of alkyl halides is 3. The van der Waals surface area contributed by atoms with Gasteiger partial charge in [-0.1, -0.05) is 47.7 Å². The Hall–Kier alpha value is -4.56. The van der Waals surface area contributed by atoms with Crippen LogP contribution in [0.25, 0.3) is 0 Å². The molecular formula is C36H30F3N3O6S2. The number of imide groups is 1. The zero-order chi connectivity index (χ0) is 35.1. The number of aromatic nitrogens is 1. The highest BCUT2D eigenvalue weighted by Gasteiger charge is 2.70. The van der Waals surface area contributed by atoms with E-state index in [1.165, 1.54) is 37.1 Å². The van der Waals surface area contributed by atoms with E-state index >= 15 is 0 Å². The van der Waals surface area contributed by atoms with Crippen LogP contribution in [0.1, 0.15) is 33.9 Å². The largest absolute Gasteiger partial charge is 0.493 e. The number of aryl methyl sites for hydroxylation is 1. The third-order valence-electron chi connectivity index (χ3n) is 10.5. The summed E-state index contributed by atoms with van der Waals surface area (Å²) in [6.45, 7) is 1.62. The van der Waals surface area contributed by atoms with Gasteiger partial charge in [-0.3, -0.25) is 19.2 Å². The summed E-state index contributed by atoms with van der Waals surface area (Å²) < 4.78 is 53.6. The van der Waals surface area contributed by atoms with E-state index in [0.717, 1.165) is 38.3 Å². The number of fused-ring (bicyclic) bond motifs is 9. The number of ether oxygens (including phenoxy) is 2. The zero-order valence-electron chi connectivity index (χ0n) is 26.7. The SMILES string of the molecule is COc1cc([C@H]2c3sc(=O)[nH]c3SC3C2[C@H]2C[C@@H]3C3C(=O)N(c4ccccc4C(F)(F)F)C(=O)C32)ccc1OCC(=O)Nc1ccccc1C. The molecule has 7 atom stereocenters. The average Bonchev–Trinajstić information content (AvgIpc) is 3.83. The first-order chi connectivity index (χ1) is 24.0. The van der Waals surface area contributed by atoms with E-state index in [2.05, 4.69) is 10.3 Å². The number of anilines is 2. The molecule has 258 valence electrons. The third kappa shape index (κ3) is 5.13. The van der Waals surface area contributed by atoms with Crippen molar-refractivity contribution in [1.29, 1.82) is 0 Å². The van der Waals surface area contributed by atoms with Crippen molar-refractivity contribution in [2.24, 2.45) is 29.6 Å². The molecule has 50 heavy (non-hydrogen) atoms. The van der Waals surface area contributed by atoms with Crippen LogP contribution in [0.3, 0.4) is 0 Å². The molecule has 8 rings (SSSR count). The van der Waals surface area contributed by atoms with Crippen molar-refractivity contribution in [1.82, 2.24) is 4.98 Å². The molecule has 0 spiro atoms. The van der Waals surface area contributed by atoms with Crippen LogP contribution in [-0.2, 0) is 20.6 Å². The van der Waals surface area contributed by atoms with Crippen LogP contribution in [0.4, 0.5) is 24.5 Å². The minimum Gasteiger partial charge on any atom is -0.493 e. The maximum absolute atomic E-state index is 14.0. The Kier molecular flexibility index (Phi) is 7.86. The van der Waals surface area contributed by atoms with Crippen LogP contribution in [-0.4, -0.2) is 41.7 Å². The van der Waals surface area contributed by atoms with Crippen molar-refractivity contribution in [3.8, 4) is 11.5 Å². The number of carbonyl (C=O) groups excluding carboxylic acids is 3. The molecule has 4 unspecified atom stereocenters. The molecule has 1 aromatic heterocycles. The number of para-hydroxylation sites is 2. The van der Waals surface area contributed by atoms with Crippen molar-refractivity contribution in [2.75, 3.05) is 23.9 Å². The second-order valence-corrected chi connectivity index (χ2v) is 15.3. The van der Waals surface area contributed by atoms with Gasteiger partial charge in [0.1, 0.15) is 0 Å². The van der Waals surface area contributed by atoms with E-state index in [1.54, 1.807) is 18.2 Å². The fraction of sp³-hybridized carbons (Fsp3) is 0.333. The van der Waals surface area contributed by atoms with E-state index in [0.29, 0.717) is 28.6 Å². The Morgan fingerprint density at radius 2 is 1.70 bits per heavy atom. The second kappa shape index (κ2) is 12.0. The molecule has 4 aliphatic rings. The quantitative estimate of drug-likeness (QED) is 0.210. The van der Waals surface area contributed by atoms with E-state index in [1.807, 2.05) is 31.2 Å². The molecule has 2 aliphatic heterocycles. The lowest BCUT2D eigenvalue weighted by Gasteiger charge is -2.43. The van der Waals surface area contributed by atoms with E-state index in [-0.39, 0.29) is 46.3 Å². The molecule has 2 aliphatic carbocycles. The van der Waals surface area contributed by atoms with E-state index < -0.39 is 41.1 Å². The molecule has 0 radical (unpaired) electrons. The molecule has 3 aromatic carbocycles. The van der Waals surface area contributed by atoms with Crippen molar-refractivity contribution in [2.45, 2.75) is 35.7 Å². The Labute approximate surface area is 292 Å². The van der Waals surface area contributed by atoms with Crippen molar-refractivity contribution < 1.29 is 37.0 Å². The molecule has 3 fully saturated rings. The molecule has 1 saturated heterocycles. The van der Waals surface area contributed by atoms with Gasteiger partial charge in [-0.25, -0.2) is 4.90 Å². The van der Waals surface area contributed by atoms with Gasteiger partial charge >= 0.3 is 11.0 Å². The van der Waals surface area contributed by atoms with Gasteiger partial charge in [0.05, 0.1) is 35.2 Å². The molecule has 4 aromatic rings. The summed E-state index contributed by atoms with van der Waals surface area (Å²) in [5.74, 6) is -3.48. The minimum atomic E-state index is -4.75. The number of hydrogen-bond acceptors (Lipinski definition) is 8. The zero-order valence-corrected chi connectivity index (χ0v) is 28.3. The van der Waals surface area contributed by atoms with Crippen LogP contribution < -0.4 is 24.6 Å². The van der Waals surface area contributed by atoms with Crippen molar-refractivity contribution in [3.05, 3.63) is 98.0 Å². The summed E-state index contributed by atoms with van der Waals surface area (Å²) in [7, 11) is 1.48. The summed E-state index contributed by atoms with van der Waals surface area (Å²) in [5.41, 5.74) is 0.920. The highest BCUT2D eigenvalue weighted by molar-refractivity contribution is 8.00. The molecule has 14 heteroatoms. The summed E-state index contributed by atoms with van der Waals surface area (Å²) in [4.78, 5) is 57.6. The molecule has 9 nitrogen and oxygen atoms in total. The van der Waals surface area contributed by atoms with Gasteiger partial charge in [-0.2, -0.15) is 13.2 Å². The number of rotatable bonds is 7. The maximum Gasteiger partial charge on any atom is 0.418 e. The Morgan fingerprint density at radius 3 is 2.44 bits per heavy atom. The van der Waals surface area contributed by atoms with Crippen molar-refractivity contribution in [3.63, 3.8) is 0 Å². The molecule has 3 amide bonds. The first kappa shape index (κ1) is 32.6. The van der Waals surface area contributed by atoms with Gasteiger partial charge in [-0.05, 0) is 72.6 Å². The smallest absolute Gasteiger partial charge is 0.418 e. The van der Waals surface area contributed by atoms with Gasteiger partial charge in [0.2, 0.25) is 11.8 Å². The fourth-order valence-electron chi connectivity index (χ4n) is 8.58. The number of hydrogen-bond donors (Lipinski definition) is 2. The first-order valence-corrected chi connectivity index (χ1v) is 17.8. The highest BCUT2D eigenvalue weighted by Crippen LogP contribution is 2.69. The number of nitrogens with zero attached hydrogens (tertiary/aromatic N) is 1. The van der Waals surface area contributed by atoms with Gasteiger partial charge in [0.15, 0.2) is 18.1 Å². The normalized spacial score (nSPS) is 26.4. The lowest BCUT2D eigenvalue weighted by Crippen LogP contribution is -2.42. The molecule has 2 bridgehead atoms. The van der Waals surface area contributed by atoms with Crippen LogP contribution in [0.15, 0.2) is 76.6 Å². The monoisotopic (exact) mass is 721 g/mol. The predicted molar refractivity (Wildman–Crippen MR) is 181 cm³/mol. The van der Waals surface area contributed by atoms with E-state index in [9.17, 15) is 32.3 Å². The number of aromatic amines is 1. The lowest BCUT2D eigenvalue weighted by atomic mass is 9.68. The van der Waals surface area contributed by atoms with Crippen LogP contribution in [0.5, 0.6) is 11.5 Å². The van der Waals surface area contributed by atoms with Crippen LogP contribution in [0.2, 0.25) is 0 Å². The van der Waals surface area contributed by atoms with E-state index in [4.69, 9.17) is 9.47 Å². The number of nitrogens with one attached hydrogen (secondary N) is 2. The molecule has 2 saturated carbocycles. The van der Waals surface area contributed by atoms with Gasteiger partial charge in [0.25, 0.3) is 5.91 Å². The number of thiazole rings is 1. The number of amides is 3. The minimum absolute atomic E-state index is 0.161. The number of thioether (sulfide) groups is 1. The van der Waals surface area contributed by atoms with Gasteiger partial charge in [-0.15, -0.1) is 11.8 Å². The number of benzene rings is 3. The summed E-state index contributed by atoms with van der Waals surface area (Å²) >= 11 is 2.57. The number of methoxy groups -OCH3 is 1. The second-order valence-electron chi connectivity index (χ2n) is 13.0. The lowest BCUT2D eigenvalue weighted by molar-refractivity contribution is -0.137. The molecule has 2 N–H and O–H groups in total. The first-order valence-electron chi connectivity index (χ1n) is 16.1. The Balaban J connectivity index is 1.11. The molecule has 3 heterocycles. The molecular weight excluding hydrogens is 692 g/mol. The maximum atomic E-state index is 14.0. The van der Waals surface area contributed by atoms with Gasteiger partial charge < -0.3 is 19.8 Å². The number of carbonyl (C=O) groups is 3. The number of halogens is 3. The predicted octanol–water partition coefficient (Wildman–Crippen LogP) is 6.47. The average molecular weight is 722 g/mol. The van der Waals surface area contributed by atoms with Crippen molar-refractivity contribution >= 4 is 52.2 Å². The standard InChI is InChI=1S/C36H30F3N3O6S2/c1-16-7-3-5-9-21(16)40-25(43)15-48-23-12-11-17(13-24(23)47-2)26-27-18-14-19(30(27)49-32-31(26)50-35(46)41-32)29-28(18)33(44)42(34(29)45)22-10-6-4-8-20(22)36(37,38)39/h3-13,18-19,26-30H,14-15H2,1-2H3,(H,40,43)(H,41,46)/t18-,19-,26-,27?,28?,29?,30?/m1/s1. The highest BCUT2D eigenvalue weighted by atomic mass is 32.2. The van der Waals surface area contributed by atoms with Crippen LogP contribution >= 0.6 is 23.1 Å². The van der Waals surface area contributed by atoms with Crippen LogP contribution in [0, 0.1) is 36.5 Å². The third-order valence-corrected chi connectivity index (χ3v) is 13.1. The number of H-pyrrole nitrogens is 1. The summed E-state index contributed by atoms with van der Waals surface area (Å²) in [5, 5.41) is 3.37. The summed E-state index contributed by atoms with van der Waals surface area (Å²) in [6.07, 6.45) is -4.17. The summed E-state index contributed by atoms with van der Waals surface area (Å²) in [6, 6.07) is 17.4.